The molecule has 0 aliphatic carbocycles. The minimum atomic E-state index is 0.202. The van der Waals surface area contributed by atoms with Gasteiger partial charge < -0.3 is 10.1 Å². The van der Waals surface area contributed by atoms with Gasteiger partial charge in [-0.1, -0.05) is 0 Å². The van der Waals surface area contributed by atoms with E-state index < -0.39 is 0 Å². The molecule has 0 spiro atoms. The molecule has 6 heteroatoms. The number of aryl methyl sites for hydroxylation is 2. The lowest BCUT2D eigenvalue weighted by molar-refractivity contribution is 0.390. The van der Waals surface area contributed by atoms with Crippen LogP contribution in [0.1, 0.15) is 35.5 Å². The third-order valence-corrected chi connectivity index (χ3v) is 4.10. The van der Waals surface area contributed by atoms with E-state index in [0.29, 0.717) is 5.88 Å². The zero-order chi connectivity index (χ0) is 14.0. The average Bonchev–Trinajstić information content (AvgIpc) is 2.94. The van der Waals surface area contributed by atoms with Gasteiger partial charge >= 0.3 is 0 Å². The maximum atomic E-state index is 5.25. The first-order valence-corrected chi connectivity index (χ1v) is 7.09. The molecule has 1 atom stereocenters. The maximum Gasteiger partial charge on any atom is 0.229 e. The molecule has 2 aromatic rings. The summed E-state index contributed by atoms with van der Waals surface area (Å²) < 4.78 is 11.4. The van der Waals surface area contributed by atoms with Crippen LogP contribution in [0.2, 0.25) is 0 Å². The zero-order valence-corrected chi connectivity index (χ0v) is 12.8. The van der Waals surface area contributed by atoms with Crippen molar-refractivity contribution in [2.24, 2.45) is 7.05 Å². The predicted molar refractivity (Wildman–Crippen MR) is 76.6 cm³/mol. The topological polar surface area (TPSA) is 52.0 Å². The van der Waals surface area contributed by atoms with E-state index in [0.717, 1.165) is 17.8 Å². The van der Waals surface area contributed by atoms with Crippen LogP contribution in [0.25, 0.3) is 0 Å². The lowest BCUT2D eigenvalue weighted by atomic mass is 10.1. The normalized spacial score (nSPS) is 12.7. The Morgan fingerprint density at radius 1 is 1.47 bits per heavy atom. The van der Waals surface area contributed by atoms with Crippen molar-refractivity contribution in [1.82, 2.24) is 19.5 Å². The second kappa shape index (κ2) is 5.71. The molecule has 0 saturated carbocycles. The average molecular weight is 280 g/mol. The molecule has 19 heavy (non-hydrogen) atoms. The van der Waals surface area contributed by atoms with E-state index in [1.807, 2.05) is 24.0 Å². The summed E-state index contributed by atoms with van der Waals surface area (Å²) in [6, 6.07) is 0.202. The van der Waals surface area contributed by atoms with Crippen molar-refractivity contribution in [3.63, 3.8) is 0 Å². The van der Waals surface area contributed by atoms with Gasteiger partial charge in [-0.05, 0) is 32.3 Å². The molecule has 0 aliphatic heterocycles. The third kappa shape index (κ3) is 2.79. The highest BCUT2D eigenvalue weighted by atomic mass is 32.1. The Hall–Kier alpha value is -1.40. The van der Waals surface area contributed by atoms with Crippen molar-refractivity contribution in [3.8, 4) is 5.88 Å². The molecule has 0 amide bonds. The molecule has 2 heterocycles. The largest absolute Gasteiger partial charge is 0.480 e. The first kappa shape index (κ1) is 14.0. The molecular weight excluding hydrogens is 260 g/mol. The lowest BCUT2D eigenvalue weighted by Crippen LogP contribution is -2.19. The van der Waals surface area contributed by atoms with Gasteiger partial charge in [-0.25, -0.2) is 0 Å². The summed E-state index contributed by atoms with van der Waals surface area (Å²) in [5.41, 5.74) is 4.64. The van der Waals surface area contributed by atoms with Crippen molar-refractivity contribution in [3.05, 3.63) is 27.9 Å². The number of hydrogen-bond acceptors (Lipinski definition) is 5. The van der Waals surface area contributed by atoms with Crippen molar-refractivity contribution < 1.29 is 4.74 Å². The molecule has 0 saturated heterocycles. The molecule has 0 fully saturated rings. The van der Waals surface area contributed by atoms with E-state index in [9.17, 15) is 0 Å². The van der Waals surface area contributed by atoms with Crippen LogP contribution in [0.5, 0.6) is 5.88 Å². The highest BCUT2D eigenvalue weighted by Crippen LogP contribution is 2.26. The third-order valence-electron chi connectivity index (χ3n) is 3.47. The van der Waals surface area contributed by atoms with Gasteiger partial charge in [0.05, 0.1) is 12.8 Å². The maximum absolute atomic E-state index is 5.25. The smallest absolute Gasteiger partial charge is 0.229 e. The van der Waals surface area contributed by atoms with Crippen LogP contribution >= 0.6 is 11.5 Å². The van der Waals surface area contributed by atoms with E-state index in [4.69, 9.17) is 4.74 Å². The van der Waals surface area contributed by atoms with Gasteiger partial charge in [-0.2, -0.15) is 9.47 Å². The van der Waals surface area contributed by atoms with Crippen molar-refractivity contribution >= 4 is 11.5 Å². The van der Waals surface area contributed by atoms with Crippen LogP contribution in [0.3, 0.4) is 0 Å². The first-order chi connectivity index (χ1) is 9.04. The molecule has 0 aromatic carbocycles. The van der Waals surface area contributed by atoms with E-state index in [1.165, 1.54) is 22.8 Å². The fraction of sp³-hybridized carbons (Fsp3) is 0.538. The van der Waals surface area contributed by atoms with E-state index >= 15 is 0 Å². The van der Waals surface area contributed by atoms with Gasteiger partial charge in [0.15, 0.2) is 0 Å². The van der Waals surface area contributed by atoms with Crippen molar-refractivity contribution in [2.75, 3.05) is 7.11 Å². The summed E-state index contributed by atoms with van der Waals surface area (Å²) in [6.07, 6.45) is 0. The molecule has 2 aromatic heterocycles. The number of nitrogens with one attached hydrogen (secondary N) is 1. The summed E-state index contributed by atoms with van der Waals surface area (Å²) in [4.78, 5) is 0. The number of methoxy groups -OCH3 is 1. The fourth-order valence-electron chi connectivity index (χ4n) is 2.11. The fourth-order valence-corrected chi connectivity index (χ4v) is 2.86. The summed E-state index contributed by atoms with van der Waals surface area (Å²) in [6.45, 7) is 7.05. The minimum absolute atomic E-state index is 0.202. The van der Waals surface area contributed by atoms with E-state index in [-0.39, 0.29) is 6.04 Å². The SMILES string of the molecule is COc1nscc1C(C)NCc1c(C)nn(C)c1C. The summed E-state index contributed by atoms with van der Waals surface area (Å²) in [7, 11) is 3.63. The zero-order valence-electron chi connectivity index (χ0n) is 12.0. The molecular formula is C13H20N4OS. The van der Waals surface area contributed by atoms with Gasteiger partial charge in [0.25, 0.3) is 0 Å². The van der Waals surface area contributed by atoms with Crippen LogP contribution < -0.4 is 10.1 Å². The quantitative estimate of drug-likeness (QED) is 0.913. The van der Waals surface area contributed by atoms with Crippen LogP contribution in [-0.4, -0.2) is 21.3 Å². The summed E-state index contributed by atoms with van der Waals surface area (Å²) in [5, 5.41) is 9.96. The van der Waals surface area contributed by atoms with Crippen LogP contribution in [0, 0.1) is 13.8 Å². The number of aromatic nitrogens is 3. The molecule has 1 unspecified atom stereocenters. The molecule has 5 nitrogen and oxygen atoms in total. The van der Waals surface area contributed by atoms with Gasteiger partial charge in [0, 0.05) is 41.8 Å². The Morgan fingerprint density at radius 3 is 2.79 bits per heavy atom. The van der Waals surface area contributed by atoms with E-state index in [2.05, 4.69) is 28.6 Å². The molecule has 0 bridgehead atoms. The number of ether oxygens (including phenoxy) is 1. The number of rotatable bonds is 5. The highest BCUT2D eigenvalue weighted by molar-refractivity contribution is 7.03. The Labute approximate surface area is 117 Å². The molecule has 1 N–H and O–H groups in total. The van der Waals surface area contributed by atoms with Crippen molar-refractivity contribution in [1.29, 1.82) is 0 Å². The Bertz CT molecular complexity index is 561. The van der Waals surface area contributed by atoms with Gasteiger partial charge in [0.2, 0.25) is 5.88 Å². The lowest BCUT2D eigenvalue weighted by Gasteiger charge is -2.13. The Balaban J connectivity index is 2.06. The van der Waals surface area contributed by atoms with Crippen LogP contribution in [-0.2, 0) is 13.6 Å². The molecule has 104 valence electrons. The van der Waals surface area contributed by atoms with Gasteiger partial charge in [-0.3, -0.25) is 4.68 Å². The number of nitrogens with zero attached hydrogens (tertiary/aromatic N) is 3. The summed E-state index contributed by atoms with van der Waals surface area (Å²) >= 11 is 1.42. The second-order valence-corrected chi connectivity index (χ2v) is 5.28. The molecule has 2 rings (SSSR count). The Morgan fingerprint density at radius 2 is 2.21 bits per heavy atom. The van der Waals surface area contributed by atoms with Crippen LogP contribution in [0.4, 0.5) is 0 Å². The molecule has 0 radical (unpaired) electrons. The predicted octanol–water partition coefficient (Wildman–Crippen LogP) is 2.35. The van der Waals surface area contributed by atoms with Gasteiger partial charge in [0.1, 0.15) is 0 Å². The summed E-state index contributed by atoms with van der Waals surface area (Å²) in [5.74, 6) is 0.713. The van der Waals surface area contributed by atoms with Gasteiger partial charge in [-0.15, -0.1) is 0 Å². The van der Waals surface area contributed by atoms with Crippen molar-refractivity contribution in [2.45, 2.75) is 33.4 Å². The first-order valence-electron chi connectivity index (χ1n) is 6.25. The minimum Gasteiger partial charge on any atom is -0.480 e. The highest BCUT2D eigenvalue weighted by Gasteiger charge is 2.15. The second-order valence-electron chi connectivity index (χ2n) is 4.65. The standard InChI is InChI=1S/C13H20N4OS/c1-8(12-7-19-16-13(12)18-5)14-6-11-9(2)15-17(4)10(11)3/h7-8,14H,6H2,1-5H3. The monoisotopic (exact) mass is 280 g/mol. The molecule has 0 aliphatic rings. The van der Waals surface area contributed by atoms with Crippen LogP contribution in [0.15, 0.2) is 5.38 Å². The number of hydrogen-bond donors (Lipinski definition) is 1. The van der Waals surface area contributed by atoms with E-state index in [1.54, 1.807) is 7.11 Å². The Kier molecular flexibility index (Phi) is 4.21.